The first-order valence-electron chi connectivity index (χ1n) is 5.94. The molecule has 0 heterocycles. The van der Waals surface area contributed by atoms with E-state index >= 15 is 0 Å². The topological polar surface area (TPSA) is 38.0 Å². The van der Waals surface area contributed by atoms with Crippen LogP contribution in [-0.2, 0) is 0 Å². The molecule has 2 nitrogen and oxygen atoms in total. The van der Waals surface area contributed by atoms with Crippen LogP contribution in [0.2, 0.25) is 0 Å². The van der Waals surface area contributed by atoms with Gasteiger partial charge < -0.3 is 0 Å². The minimum absolute atomic E-state index is 0.528. The third-order valence-electron chi connectivity index (χ3n) is 2.98. The van der Waals surface area contributed by atoms with E-state index < -0.39 is 0 Å². The maximum atomic E-state index is 5.53. The maximum Gasteiger partial charge on any atom is 0.0301 e. The Morgan fingerprint density at radius 3 is 2.71 bits per heavy atom. The van der Waals surface area contributed by atoms with Crippen molar-refractivity contribution >= 4 is 11.8 Å². The summed E-state index contributed by atoms with van der Waals surface area (Å²) in [5, 5.41) is 0.924. The van der Waals surface area contributed by atoms with Crippen molar-refractivity contribution in [2.24, 2.45) is 5.84 Å². The average Bonchev–Trinajstić information content (AvgIpc) is 2.71. The normalized spacial score (nSPS) is 20.1. The Bertz CT molecular complexity index is 135. The fraction of sp³-hybridized carbons (Fsp3) is 1.00. The summed E-state index contributed by atoms with van der Waals surface area (Å²) in [5.41, 5.74) is 2.94. The van der Waals surface area contributed by atoms with Gasteiger partial charge in [-0.15, -0.1) is 0 Å². The molecular weight excluding hydrogens is 192 g/mol. The van der Waals surface area contributed by atoms with E-state index in [4.69, 9.17) is 5.84 Å². The molecular formula is C11H24N2S. The summed E-state index contributed by atoms with van der Waals surface area (Å²) in [7, 11) is 0. The molecule has 1 rings (SSSR count). The highest BCUT2D eigenvalue weighted by Crippen LogP contribution is 2.29. The number of thioether (sulfide) groups is 1. The van der Waals surface area contributed by atoms with Gasteiger partial charge >= 0.3 is 0 Å². The number of hydrazine groups is 1. The lowest BCUT2D eigenvalue weighted by atomic mass is 10.1. The quantitative estimate of drug-likeness (QED) is 0.507. The number of unbranched alkanes of at least 4 members (excludes halogenated alkanes) is 1. The molecule has 0 aromatic rings. The van der Waals surface area contributed by atoms with Crippen LogP contribution in [-0.4, -0.2) is 17.0 Å². The fourth-order valence-corrected chi connectivity index (χ4v) is 3.41. The largest absolute Gasteiger partial charge is 0.271 e. The lowest BCUT2D eigenvalue weighted by Gasteiger charge is -2.17. The van der Waals surface area contributed by atoms with Gasteiger partial charge in [0, 0.05) is 17.0 Å². The molecule has 0 aromatic heterocycles. The van der Waals surface area contributed by atoms with Crippen LogP contribution in [0.5, 0.6) is 0 Å². The second kappa shape index (κ2) is 7.55. The van der Waals surface area contributed by atoms with Gasteiger partial charge in [-0.2, -0.15) is 11.8 Å². The molecule has 0 aliphatic heterocycles. The van der Waals surface area contributed by atoms with Crippen LogP contribution in [0, 0.1) is 0 Å². The summed E-state index contributed by atoms with van der Waals surface area (Å²) in [6.45, 7) is 2.23. The average molecular weight is 216 g/mol. The van der Waals surface area contributed by atoms with Crippen LogP contribution in [0.1, 0.15) is 51.9 Å². The van der Waals surface area contributed by atoms with E-state index in [2.05, 4.69) is 24.1 Å². The predicted molar refractivity (Wildman–Crippen MR) is 65.4 cm³/mol. The van der Waals surface area contributed by atoms with E-state index in [-0.39, 0.29) is 0 Å². The van der Waals surface area contributed by atoms with Gasteiger partial charge in [0.25, 0.3) is 0 Å². The molecule has 0 amide bonds. The zero-order chi connectivity index (χ0) is 10.2. The standard InChI is InChI=1S/C11H24N2S/c1-2-3-6-10(13-12)9-14-11-7-4-5-8-11/h10-11,13H,2-9,12H2,1H3. The third-order valence-corrected chi connectivity index (χ3v) is 4.51. The second-order valence-electron chi connectivity index (χ2n) is 4.25. The number of hydrogen-bond acceptors (Lipinski definition) is 3. The minimum atomic E-state index is 0.528. The van der Waals surface area contributed by atoms with Gasteiger partial charge in [-0.25, -0.2) is 0 Å². The van der Waals surface area contributed by atoms with Crippen molar-refractivity contribution in [1.82, 2.24) is 5.43 Å². The second-order valence-corrected chi connectivity index (χ2v) is 5.58. The molecule has 84 valence electrons. The maximum absolute atomic E-state index is 5.53. The Morgan fingerprint density at radius 2 is 2.14 bits per heavy atom. The molecule has 3 heteroatoms. The SMILES string of the molecule is CCCCC(CSC1CCCC1)NN. The first-order valence-corrected chi connectivity index (χ1v) is 6.99. The summed E-state index contributed by atoms with van der Waals surface area (Å²) in [6, 6.07) is 0.528. The Morgan fingerprint density at radius 1 is 1.43 bits per heavy atom. The summed E-state index contributed by atoms with van der Waals surface area (Å²) in [5.74, 6) is 6.73. The number of nitrogens with one attached hydrogen (secondary N) is 1. The molecule has 0 spiro atoms. The van der Waals surface area contributed by atoms with Crippen molar-refractivity contribution < 1.29 is 0 Å². The first-order chi connectivity index (χ1) is 6.86. The first kappa shape index (κ1) is 12.3. The smallest absolute Gasteiger partial charge is 0.0301 e. The van der Waals surface area contributed by atoms with Gasteiger partial charge in [0.15, 0.2) is 0 Å². The van der Waals surface area contributed by atoms with E-state index in [0.717, 1.165) is 5.25 Å². The van der Waals surface area contributed by atoms with Gasteiger partial charge in [-0.3, -0.25) is 11.3 Å². The fourth-order valence-electron chi connectivity index (χ4n) is 1.97. The highest BCUT2D eigenvalue weighted by molar-refractivity contribution is 7.99. The van der Waals surface area contributed by atoms with Crippen LogP contribution in [0.15, 0.2) is 0 Å². The van der Waals surface area contributed by atoms with Crippen LogP contribution >= 0.6 is 11.8 Å². The summed E-state index contributed by atoms with van der Waals surface area (Å²) < 4.78 is 0. The molecule has 1 unspecified atom stereocenters. The molecule has 14 heavy (non-hydrogen) atoms. The molecule has 1 aliphatic carbocycles. The monoisotopic (exact) mass is 216 g/mol. The molecule has 0 saturated heterocycles. The minimum Gasteiger partial charge on any atom is -0.271 e. The lowest BCUT2D eigenvalue weighted by molar-refractivity contribution is 0.515. The van der Waals surface area contributed by atoms with E-state index in [9.17, 15) is 0 Å². The molecule has 0 radical (unpaired) electrons. The van der Waals surface area contributed by atoms with Crippen LogP contribution in [0.3, 0.4) is 0 Å². The van der Waals surface area contributed by atoms with Crippen molar-refractivity contribution in [2.45, 2.75) is 63.2 Å². The van der Waals surface area contributed by atoms with Crippen molar-refractivity contribution in [3.05, 3.63) is 0 Å². The van der Waals surface area contributed by atoms with Crippen LogP contribution in [0.4, 0.5) is 0 Å². The van der Waals surface area contributed by atoms with Crippen molar-refractivity contribution in [1.29, 1.82) is 0 Å². The Balaban J connectivity index is 2.06. The molecule has 1 fully saturated rings. The lowest BCUT2D eigenvalue weighted by Crippen LogP contribution is -2.37. The third kappa shape index (κ3) is 4.67. The van der Waals surface area contributed by atoms with Gasteiger partial charge in [-0.05, 0) is 19.3 Å². The van der Waals surface area contributed by atoms with E-state index in [1.807, 2.05) is 0 Å². The number of hydrogen-bond donors (Lipinski definition) is 2. The van der Waals surface area contributed by atoms with Gasteiger partial charge in [0.05, 0.1) is 0 Å². The van der Waals surface area contributed by atoms with Crippen LogP contribution < -0.4 is 11.3 Å². The van der Waals surface area contributed by atoms with Gasteiger partial charge in [0.2, 0.25) is 0 Å². The summed E-state index contributed by atoms with van der Waals surface area (Å²) in [6.07, 6.45) is 9.52. The molecule has 1 atom stereocenters. The number of rotatable bonds is 7. The predicted octanol–water partition coefficient (Wildman–Crippen LogP) is 2.68. The van der Waals surface area contributed by atoms with E-state index in [1.54, 1.807) is 0 Å². The van der Waals surface area contributed by atoms with Crippen molar-refractivity contribution in [2.75, 3.05) is 5.75 Å². The molecule has 1 saturated carbocycles. The number of nitrogens with two attached hydrogens (primary N) is 1. The van der Waals surface area contributed by atoms with Gasteiger partial charge in [0.1, 0.15) is 0 Å². The van der Waals surface area contributed by atoms with Crippen molar-refractivity contribution in [3.8, 4) is 0 Å². The Kier molecular flexibility index (Phi) is 6.65. The highest BCUT2D eigenvalue weighted by atomic mass is 32.2. The van der Waals surface area contributed by atoms with Crippen LogP contribution in [0.25, 0.3) is 0 Å². The van der Waals surface area contributed by atoms with E-state index in [0.29, 0.717) is 6.04 Å². The van der Waals surface area contributed by atoms with Crippen molar-refractivity contribution in [3.63, 3.8) is 0 Å². The summed E-state index contributed by atoms with van der Waals surface area (Å²) >= 11 is 2.12. The Hall–Kier alpha value is 0.270. The summed E-state index contributed by atoms with van der Waals surface area (Å²) in [4.78, 5) is 0. The molecule has 1 aliphatic rings. The Labute approximate surface area is 92.4 Å². The van der Waals surface area contributed by atoms with E-state index in [1.165, 1.54) is 50.7 Å². The molecule has 0 aromatic carbocycles. The van der Waals surface area contributed by atoms with Gasteiger partial charge in [-0.1, -0.05) is 32.6 Å². The molecule has 3 N–H and O–H groups in total. The zero-order valence-electron chi connectivity index (χ0n) is 9.30. The highest BCUT2D eigenvalue weighted by Gasteiger charge is 2.16. The molecule has 0 bridgehead atoms. The zero-order valence-corrected chi connectivity index (χ0v) is 10.1.